The van der Waals surface area contributed by atoms with Crippen molar-refractivity contribution in [1.29, 1.82) is 0 Å². The van der Waals surface area contributed by atoms with Gasteiger partial charge in [0.2, 0.25) is 15.9 Å². The van der Waals surface area contributed by atoms with E-state index in [1.54, 1.807) is 10.5 Å². The Labute approximate surface area is 143 Å². The highest BCUT2D eigenvalue weighted by Gasteiger charge is 2.47. The Balaban J connectivity index is 1.29. The minimum absolute atomic E-state index is 0.0681. The van der Waals surface area contributed by atoms with Crippen LogP contribution in [0.5, 0.6) is 5.88 Å². The van der Waals surface area contributed by atoms with Crippen molar-refractivity contribution in [3.8, 4) is 5.88 Å². The summed E-state index contributed by atoms with van der Waals surface area (Å²) in [5.41, 5.74) is 0.119. The zero-order valence-corrected chi connectivity index (χ0v) is 14.6. The second-order valence-corrected chi connectivity index (χ2v) is 9.47. The molecule has 2 saturated heterocycles. The molecule has 1 aromatic heterocycles. The molecular weight excluding hydrogens is 328 g/mol. The van der Waals surface area contributed by atoms with E-state index in [2.05, 4.69) is 4.98 Å². The van der Waals surface area contributed by atoms with Gasteiger partial charge in [0.05, 0.1) is 18.0 Å². The first-order valence-electron chi connectivity index (χ1n) is 8.72. The second kappa shape index (κ2) is 6.28. The average molecular weight is 352 g/mol. The molecule has 2 aliphatic heterocycles. The molecule has 24 heavy (non-hydrogen) atoms. The third-order valence-electron chi connectivity index (χ3n) is 5.43. The van der Waals surface area contributed by atoms with Gasteiger partial charge < -0.3 is 9.47 Å². The maximum absolute atomic E-state index is 12.3. The topological polar surface area (TPSA) is 68.7 Å². The van der Waals surface area contributed by atoms with Gasteiger partial charge in [0.25, 0.3) is 0 Å². The van der Waals surface area contributed by atoms with Gasteiger partial charge in [-0.2, -0.15) is 0 Å². The summed E-state index contributed by atoms with van der Waals surface area (Å²) in [7, 11) is -3.04. The summed E-state index contributed by atoms with van der Waals surface area (Å²) in [6.45, 7) is 2.48. The molecule has 1 atom stereocenters. The molecule has 3 aliphatic rings. The molecule has 1 spiro atoms. The number of piperidine rings is 1. The lowest BCUT2D eigenvalue weighted by atomic mass is 9.77. The van der Waals surface area contributed by atoms with Crippen molar-refractivity contribution in [1.82, 2.24) is 9.29 Å². The monoisotopic (exact) mass is 352 g/mol. The van der Waals surface area contributed by atoms with Crippen LogP contribution in [0.1, 0.15) is 32.1 Å². The molecule has 0 amide bonds. The number of ether oxygens (including phenoxy) is 2. The van der Waals surface area contributed by atoms with Crippen LogP contribution in [0.3, 0.4) is 0 Å². The Morgan fingerprint density at radius 3 is 2.75 bits per heavy atom. The summed E-state index contributed by atoms with van der Waals surface area (Å²) in [5.74, 6) is 0.618. The van der Waals surface area contributed by atoms with Crippen LogP contribution in [0.15, 0.2) is 24.4 Å². The van der Waals surface area contributed by atoms with Gasteiger partial charge in [-0.3, -0.25) is 0 Å². The first-order valence-corrected chi connectivity index (χ1v) is 10.2. The van der Waals surface area contributed by atoms with Gasteiger partial charge in [0.15, 0.2) is 0 Å². The van der Waals surface area contributed by atoms with Gasteiger partial charge in [0.1, 0.15) is 6.61 Å². The molecule has 0 N–H and O–H groups in total. The molecule has 0 aromatic carbocycles. The summed E-state index contributed by atoms with van der Waals surface area (Å²) < 4.78 is 38.0. The van der Waals surface area contributed by atoms with Crippen LogP contribution in [0.2, 0.25) is 0 Å². The van der Waals surface area contributed by atoms with Crippen LogP contribution >= 0.6 is 0 Å². The molecule has 1 saturated carbocycles. The van der Waals surface area contributed by atoms with E-state index in [9.17, 15) is 8.42 Å². The van der Waals surface area contributed by atoms with E-state index in [1.165, 1.54) is 0 Å². The molecule has 3 heterocycles. The third kappa shape index (κ3) is 3.30. The third-order valence-corrected chi connectivity index (χ3v) is 7.83. The van der Waals surface area contributed by atoms with Crippen molar-refractivity contribution in [3.63, 3.8) is 0 Å². The molecule has 1 aromatic rings. The van der Waals surface area contributed by atoms with Crippen LogP contribution in [-0.4, -0.2) is 55.4 Å². The number of hydrogen-bond donors (Lipinski definition) is 0. The normalized spacial score (nSPS) is 27.4. The van der Waals surface area contributed by atoms with Crippen molar-refractivity contribution in [2.75, 3.05) is 26.3 Å². The number of hydrogen-bond acceptors (Lipinski definition) is 5. The van der Waals surface area contributed by atoms with Crippen molar-refractivity contribution in [3.05, 3.63) is 24.4 Å². The smallest absolute Gasteiger partial charge is 0.216 e. The molecule has 3 fully saturated rings. The Morgan fingerprint density at radius 1 is 1.29 bits per heavy atom. The summed E-state index contributed by atoms with van der Waals surface area (Å²) >= 11 is 0. The lowest BCUT2D eigenvalue weighted by Crippen LogP contribution is -2.44. The highest BCUT2D eigenvalue weighted by atomic mass is 32.2. The first kappa shape index (κ1) is 16.3. The zero-order chi connectivity index (χ0) is 16.6. The standard InChI is InChI=1S/C17H24N2O4S/c20-24(21,15-4-5-15)19-9-6-17(7-10-19)11-14(23-13-17)12-22-16-3-1-2-8-18-16/h1-3,8,14-15H,4-7,9-13H2/t14-/m0/s1. The van der Waals surface area contributed by atoms with E-state index in [4.69, 9.17) is 9.47 Å². The lowest BCUT2D eigenvalue weighted by molar-refractivity contribution is 0.0529. The Hall–Kier alpha value is -1.18. The minimum atomic E-state index is -3.04. The fourth-order valence-electron chi connectivity index (χ4n) is 3.75. The molecule has 0 radical (unpaired) electrons. The summed E-state index contributed by atoms with van der Waals surface area (Å²) in [4.78, 5) is 4.15. The fourth-order valence-corrected chi connectivity index (χ4v) is 5.60. The molecule has 7 heteroatoms. The van der Waals surface area contributed by atoms with Gasteiger partial charge in [-0.15, -0.1) is 0 Å². The van der Waals surface area contributed by atoms with Crippen molar-refractivity contribution < 1.29 is 17.9 Å². The van der Waals surface area contributed by atoms with E-state index in [-0.39, 0.29) is 16.8 Å². The fraction of sp³-hybridized carbons (Fsp3) is 0.706. The highest BCUT2D eigenvalue weighted by Crippen LogP contribution is 2.43. The number of sulfonamides is 1. The number of rotatable bonds is 5. The average Bonchev–Trinajstić information content (AvgIpc) is 3.39. The number of nitrogens with zero attached hydrogens (tertiary/aromatic N) is 2. The molecule has 0 unspecified atom stereocenters. The second-order valence-electron chi connectivity index (χ2n) is 7.26. The van der Waals surface area contributed by atoms with Crippen molar-refractivity contribution in [2.45, 2.75) is 43.5 Å². The summed E-state index contributed by atoms with van der Waals surface area (Å²) in [6.07, 6.45) is 6.16. The van der Waals surface area contributed by atoms with Gasteiger partial charge in [-0.25, -0.2) is 17.7 Å². The summed E-state index contributed by atoms with van der Waals surface area (Å²) in [5, 5.41) is -0.106. The largest absolute Gasteiger partial charge is 0.475 e. The summed E-state index contributed by atoms with van der Waals surface area (Å²) in [6, 6.07) is 5.60. The van der Waals surface area contributed by atoms with Crippen LogP contribution < -0.4 is 4.74 Å². The van der Waals surface area contributed by atoms with Gasteiger partial charge in [-0.1, -0.05) is 6.07 Å². The predicted octanol–water partition coefficient (Wildman–Crippen LogP) is 1.82. The van der Waals surface area contributed by atoms with E-state index in [0.717, 1.165) is 32.1 Å². The minimum Gasteiger partial charge on any atom is -0.475 e. The molecule has 6 nitrogen and oxygen atoms in total. The van der Waals surface area contributed by atoms with Crippen molar-refractivity contribution >= 4 is 10.0 Å². The number of pyridine rings is 1. The van der Waals surface area contributed by atoms with E-state index >= 15 is 0 Å². The molecule has 132 valence electrons. The molecule has 4 rings (SSSR count). The number of aromatic nitrogens is 1. The maximum Gasteiger partial charge on any atom is 0.216 e. The van der Waals surface area contributed by atoms with Crippen LogP contribution in [0, 0.1) is 5.41 Å². The first-order chi connectivity index (χ1) is 11.6. The van der Waals surface area contributed by atoms with Crippen LogP contribution in [0.4, 0.5) is 0 Å². The van der Waals surface area contributed by atoms with E-state index in [0.29, 0.717) is 32.2 Å². The van der Waals surface area contributed by atoms with Gasteiger partial charge in [0, 0.05) is 25.4 Å². The quantitative estimate of drug-likeness (QED) is 0.809. The predicted molar refractivity (Wildman–Crippen MR) is 89.3 cm³/mol. The SMILES string of the molecule is O=S(=O)(C1CC1)N1CCC2(CC1)CO[C@H](COc1ccccn1)C2. The molecular formula is C17H24N2O4S. The van der Waals surface area contributed by atoms with Gasteiger partial charge >= 0.3 is 0 Å². The van der Waals surface area contributed by atoms with E-state index < -0.39 is 10.0 Å². The Bertz CT molecular complexity index is 667. The Morgan fingerprint density at radius 2 is 2.08 bits per heavy atom. The molecule has 0 bridgehead atoms. The molecule has 1 aliphatic carbocycles. The van der Waals surface area contributed by atoms with Crippen LogP contribution in [0.25, 0.3) is 0 Å². The lowest BCUT2D eigenvalue weighted by Gasteiger charge is -2.37. The van der Waals surface area contributed by atoms with E-state index in [1.807, 2.05) is 18.2 Å². The van der Waals surface area contributed by atoms with Gasteiger partial charge in [-0.05, 0) is 43.6 Å². The highest BCUT2D eigenvalue weighted by molar-refractivity contribution is 7.90. The van der Waals surface area contributed by atoms with Crippen molar-refractivity contribution in [2.24, 2.45) is 5.41 Å². The Kier molecular flexibility index (Phi) is 4.26. The zero-order valence-electron chi connectivity index (χ0n) is 13.8. The maximum atomic E-state index is 12.3. The van der Waals surface area contributed by atoms with Crippen LogP contribution in [-0.2, 0) is 14.8 Å².